The van der Waals surface area contributed by atoms with Crippen LogP contribution in [0.25, 0.3) is 0 Å². The molecule has 3 aromatic rings. The molecule has 3 aromatic carbocycles. The number of carbonyl (C=O) groups is 4. The van der Waals surface area contributed by atoms with Crippen molar-refractivity contribution in [3.63, 3.8) is 0 Å². The predicted molar refractivity (Wildman–Crippen MR) is 224 cm³/mol. The third kappa shape index (κ3) is 6.25. The topological polar surface area (TPSA) is 108 Å². The first-order chi connectivity index (χ1) is 27.9. The van der Waals surface area contributed by atoms with Gasteiger partial charge in [-0.3, -0.25) is 4.79 Å². The number of esters is 3. The fourth-order valence-electron chi connectivity index (χ4n) is 13.5. The van der Waals surface area contributed by atoms with Gasteiger partial charge in [-0.25, -0.2) is 14.4 Å². The van der Waals surface area contributed by atoms with E-state index in [1.54, 1.807) is 67.6 Å². The highest BCUT2D eigenvalue weighted by atomic mass is 16.6. The SMILES string of the molecule is C=C(C)[C@H](OC(=O)c1ccccc1)[C@H](C[C@@H](C)[C@]12CC[C@@]3(C)[C@@]1(C[C@H](OC(=O)c1ccccc1)[C@H]1[C@@]4(C)CCC(=O)C(C)(C)[C@@H]4CC[C@@]13C)O2)OC(=O)c1ccccc1. The monoisotopic (exact) mass is 800 g/mol. The van der Waals surface area contributed by atoms with Crippen molar-refractivity contribution in [1.29, 1.82) is 0 Å². The number of epoxide rings is 1. The summed E-state index contributed by atoms with van der Waals surface area (Å²) in [5, 5.41) is 0. The molecule has 0 amide bonds. The van der Waals surface area contributed by atoms with Crippen molar-refractivity contribution in [2.24, 2.45) is 39.4 Å². The van der Waals surface area contributed by atoms with Gasteiger partial charge in [0.15, 0.2) is 6.10 Å². The molecule has 1 spiro atoms. The molecular formula is C51H60O8. The van der Waals surface area contributed by atoms with Crippen LogP contribution in [0.15, 0.2) is 103 Å². The normalized spacial score (nSPS) is 35.3. The molecule has 0 bridgehead atoms. The van der Waals surface area contributed by atoms with E-state index in [1.165, 1.54) is 0 Å². The molecule has 0 aromatic heterocycles. The van der Waals surface area contributed by atoms with Crippen LogP contribution in [-0.4, -0.2) is 53.2 Å². The minimum absolute atomic E-state index is 0.00416. The van der Waals surface area contributed by atoms with Crippen molar-refractivity contribution in [3.8, 4) is 0 Å². The number of carbonyl (C=O) groups excluding carboxylic acids is 4. The number of Topliss-reactive ketones (excluding diaryl/α,β-unsaturated/α-hetero) is 1. The van der Waals surface area contributed by atoms with Crippen LogP contribution in [0.3, 0.4) is 0 Å². The van der Waals surface area contributed by atoms with E-state index in [2.05, 4.69) is 48.1 Å². The lowest BCUT2D eigenvalue weighted by Gasteiger charge is -2.69. The molecule has 5 aliphatic rings. The van der Waals surface area contributed by atoms with Gasteiger partial charge in [-0.15, -0.1) is 0 Å². The minimum Gasteiger partial charge on any atom is -0.458 e. The van der Waals surface area contributed by atoms with Crippen molar-refractivity contribution in [2.75, 3.05) is 0 Å². The van der Waals surface area contributed by atoms with Crippen LogP contribution in [0, 0.1) is 39.4 Å². The average molecular weight is 801 g/mol. The van der Waals surface area contributed by atoms with Crippen molar-refractivity contribution in [3.05, 3.63) is 120 Å². The molecule has 8 rings (SSSR count). The zero-order valence-electron chi connectivity index (χ0n) is 35.8. The van der Waals surface area contributed by atoms with Crippen molar-refractivity contribution in [2.45, 2.75) is 129 Å². The van der Waals surface area contributed by atoms with Crippen molar-refractivity contribution < 1.29 is 38.1 Å². The van der Waals surface area contributed by atoms with E-state index in [0.717, 1.165) is 32.1 Å². The second-order valence-corrected chi connectivity index (χ2v) is 19.8. The van der Waals surface area contributed by atoms with Gasteiger partial charge in [0.25, 0.3) is 0 Å². The lowest BCUT2D eigenvalue weighted by atomic mass is 9.34. The standard InChI is InChI=1S/C51H60O8/c1-32(2)41(58-45(55)36-22-16-11-17-23-36)37(56-43(53)34-18-12-9-13-19-34)30-33(3)50-29-28-49(8)48(7)27-24-39-46(4,5)40(52)25-26-47(39,6)42(48)38(31-51(49,50)59-50)57-44(54)35-20-14-10-15-21-35/h9-23,33,37-39,41-42H,1,24-31H2,2-8H3/t33-,37+,38+,39+,41+,42+,47+,48+,49-,50-,51-/m1/s1. The molecule has 8 heteroatoms. The molecule has 312 valence electrons. The Balaban J connectivity index is 1.15. The van der Waals surface area contributed by atoms with Crippen LogP contribution < -0.4 is 0 Å². The van der Waals surface area contributed by atoms with Gasteiger partial charge in [-0.05, 0) is 110 Å². The fourth-order valence-corrected chi connectivity index (χ4v) is 13.5. The second kappa shape index (κ2) is 14.6. The summed E-state index contributed by atoms with van der Waals surface area (Å²) in [6.07, 6.45) is 3.46. The smallest absolute Gasteiger partial charge is 0.338 e. The molecular weight excluding hydrogens is 741 g/mol. The maximum absolute atomic E-state index is 14.1. The van der Waals surface area contributed by atoms with Gasteiger partial charge in [0.1, 0.15) is 29.2 Å². The van der Waals surface area contributed by atoms with Crippen LogP contribution in [0.4, 0.5) is 0 Å². The van der Waals surface area contributed by atoms with E-state index in [4.69, 9.17) is 18.9 Å². The molecule has 8 nitrogen and oxygen atoms in total. The van der Waals surface area contributed by atoms with E-state index in [-0.39, 0.29) is 40.0 Å². The van der Waals surface area contributed by atoms with Crippen molar-refractivity contribution in [1.82, 2.24) is 0 Å². The molecule has 4 aliphatic carbocycles. The highest BCUT2D eigenvalue weighted by Gasteiger charge is 2.89. The Hall–Kier alpha value is -4.56. The summed E-state index contributed by atoms with van der Waals surface area (Å²) >= 11 is 0. The van der Waals surface area contributed by atoms with Gasteiger partial charge < -0.3 is 18.9 Å². The van der Waals surface area contributed by atoms with Gasteiger partial charge in [0.2, 0.25) is 0 Å². The number of hydrogen-bond donors (Lipinski definition) is 0. The van der Waals surface area contributed by atoms with E-state index < -0.39 is 46.9 Å². The number of ether oxygens (including phenoxy) is 4. The van der Waals surface area contributed by atoms with E-state index in [9.17, 15) is 19.2 Å². The maximum atomic E-state index is 14.1. The number of fused-ring (bicyclic) bond motifs is 4. The zero-order chi connectivity index (χ0) is 42.2. The summed E-state index contributed by atoms with van der Waals surface area (Å²) in [6, 6.07) is 26.8. The molecule has 0 N–H and O–H groups in total. The van der Waals surface area contributed by atoms with Crippen LogP contribution >= 0.6 is 0 Å². The van der Waals surface area contributed by atoms with Gasteiger partial charge in [-0.1, -0.05) is 103 Å². The molecule has 1 aliphatic heterocycles. The van der Waals surface area contributed by atoms with E-state index in [1.807, 2.05) is 30.3 Å². The van der Waals surface area contributed by atoms with Crippen LogP contribution in [0.1, 0.15) is 131 Å². The summed E-state index contributed by atoms with van der Waals surface area (Å²) in [6.45, 7) is 19.6. The highest BCUT2D eigenvalue weighted by Crippen LogP contribution is 2.84. The fraction of sp³-hybridized carbons (Fsp3) is 0.529. The number of ketones is 1. The summed E-state index contributed by atoms with van der Waals surface area (Å²) in [7, 11) is 0. The first-order valence-corrected chi connectivity index (χ1v) is 21.6. The molecule has 0 unspecified atom stereocenters. The number of hydrogen-bond acceptors (Lipinski definition) is 8. The van der Waals surface area contributed by atoms with E-state index >= 15 is 0 Å². The maximum Gasteiger partial charge on any atom is 0.338 e. The van der Waals surface area contributed by atoms with Crippen LogP contribution in [-0.2, 0) is 23.7 Å². The lowest BCUT2D eigenvalue weighted by molar-refractivity contribution is -0.242. The van der Waals surface area contributed by atoms with Gasteiger partial charge in [0.05, 0.1) is 16.7 Å². The Morgan fingerprint density at radius 3 is 1.86 bits per heavy atom. The average Bonchev–Trinajstić information content (AvgIpc) is 3.81. The first-order valence-electron chi connectivity index (χ1n) is 21.6. The Bertz CT molecular complexity index is 2130. The summed E-state index contributed by atoms with van der Waals surface area (Å²) in [4.78, 5) is 55.0. The van der Waals surface area contributed by atoms with Gasteiger partial charge in [-0.2, -0.15) is 0 Å². The third-order valence-electron chi connectivity index (χ3n) is 16.6. The first kappa shape index (κ1) is 41.2. The largest absolute Gasteiger partial charge is 0.458 e. The molecule has 11 atom stereocenters. The predicted octanol–water partition coefficient (Wildman–Crippen LogP) is 10.4. The Morgan fingerprint density at radius 1 is 0.763 bits per heavy atom. The summed E-state index contributed by atoms with van der Waals surface area (Å²) in [5.74, 6) is -1.04. The summed E-state index contributed by atoms with van der Waals surface area (Å²) in [5.41, 5.74) is -0.632. The van der Waals surface area contributed by atoms with Crippen LogP contribution in [0.2, 0.25) is 0 Å². The lowest BCUT2D eigenvalue weighted by Crippen LogP contribution is -2.69. The zero-order valence-corrected chi connectivity index (χ0v) is 35.8. The minimum atomic E-state index is -0.919. The Morgan fingerprint density at radius 2 is 1.31 bits per heavy atom. The van der Waals surface area contributed by atoms with Gasteiger partial charge >= 0.3 is 17.9 Å². The molecule has 59 heavy (non-hydrogen) atoms. The molecule has 1 saturated heterocycles. The Labute approximate surface area is 349 Å². The number of benzene rings is 3. The van der Waals surface area contributed by atoms with Gasteiger partial charge in [0, 0.05) is 29.6 Å². The Kier molecular flexibility index (Phi) is 10.2. The third-order valence-corrected chi connectivity index (χ3v) is 16.6. The molecule has 0 radical (unpaired) electrons. The molecule has 1 heterocycles. The van der Waals surface area contributed by atoms with Crippen LogP contribution in [0.5, 0.6) is 0 Å². The van der Waals surface area contributed by atoms with E-state index in [0.29, 0.717) is 47.3 Å². The molecule has 5 fully saturated rings. The van der Waals surface area contributed by atoms with Crippen molar-refractivity contribution >= 4 is 23.7 Å². The molecule has 4 saturated carbocycles. The quantitative estimate of drug-likeness (QED) is 0.0816. The summed E-state index contributed by atoms with van der Waals surface area (Å²) < 4.78 is 26.6. The second-order valence-electron chi connectivity index (χ2n) is 19.8. The highest BCUT2D eigenvalue weighted by molar-refractivity contribution is 5.91. The number of rotatable bonds is 11.